The molecule has 14 heavy (non-hydrogen) atoms. The van der Waals surface area contributed by atoms with E-state index in [0.29, 0.717) is 0 Å². The highest BCUT2D eigenvalue weighted by Gasteiger charge is 2.02. The molecule has 0 spiro atoms. The third kappa shape index (κ3) is 2.85. The van der Waals surface area contributed by atoms with Crippen molar-refractivity contribution in [2.24, 2.45) is 0 Å². The largest absolute Gasteiger partial charge is 0.392 e. The first-order valence-corrected chi connectivity index (χ1v) is 4.55. The monoisotopic (exact) mass is 192 g/mol. The van der Waals surface area contributed by atoms with E-state index in [9.17, 15) is 0 Å². The topological polar surface area (TPSA) is 36.4 Å². The van der Waals surface area contributed by atoms with E-state index < -0.39 is 0 Å². The van der Waals surface area contributed by atoms with Crippen LogP contribution in [0.3, 0.4) is 0 Å². The molecule has 0 aromatic carbocycles. The van der Waals surface area contributed by atoms with Gasteiger partial charge in [-0.1, -0.05) is 12.2 Å². The van der Waals surface area contributed by atoms with Crippen molar-refractivity contribution >= 4 is 5.82 Å². The number of aliphatic hydroxyl groups excluding tert-OH is 1. The van der Waals surface area contributed by atoms with Gasteiger partial charge >= 0.3 is 0 Å². The first-order chi connectivity index (χ1) is 6.63. The summed E-state index contributed by atoms with van der Waals surface area (Å²) in [4.78, 5) is 6.22. The molecule has 0 unspecified atom stereocenters. The molecule has 1 aromatic heterocycles. The molecule has 0 aliphatic carbocycles. The lowest BCUT2D eigenvalue weighted by molar-refractivity contribution is 0.282. The van der Waals surface area contributed by atoms with E-state index >= 15 is 0 Å². The molecular formula is C11H16N2O. The minimum atomic E-state index is 0.0520. The van der Waals surface area contributed by atoms with Gasteiger partial charge in [-0.25, -0.2) is 4.98 Å². The fourth-order valence-corrected chi connectivity index (χ4v) is 1.25. The standard InChI is InChI=1S/C11H16N2O/c1-9(2)7-13(3)11-6-10(8-14)4-5-12-11/h4-6,14H,1,7-8H2,2-3H3. The molecule has 1 rings (SSSR count). The predicted molar refractivity (Wildman–Crippen MR) is 58.2 cm³/mol. The van der Waals surface area contributed by atoms with Crippen LogP contribution in [0.2, 0.25) is 0 Å². The minimum Gasteiger partial charge on any atom is -0.392 e. The van der Waals surface area contributed by atoms with Crippen molar-refractivity contribution in [3.8, 4) is 0 Å². The molecule has 0 bridgehead atoms. The van der Waals surface area contributed by atoms with Crippen molar-refractivity contribution in [2.45, 2.75) is 13.5 Å². The smallest absolute Gasteiger partial charge is 0.128 e. The van der Waals surface area contributed by atoms with E-state index in [0.717, 1.165) is 23.5 Å². The van der Waals surface area contributed by atoms with Gasteiger partial charge in [-0.05, 0) is 24.6 Å². The maximum absolute atomic E-state index is 8.96. The molecule has 3 nitrogen and oxygen atoms in total. The van der Waals surface area contributed by atoms with E-state index in [1.54, 1.807) is 12.3 Å². The number of pyridine rings is 1. The molecule has 0 radical (unpaired) electrons. The van der Waals surface area contributed by atoms with Gasteiger partial charge in [0.15, 0.2) is 0 Å². The van der Waals surface area contributed by atoms with E-state index in [1.165, 1.54) is 0 Å². The summed E-state index contributed by atoms with van der Waals surface area (Å²) in [6, 6.07) is 3.68. The lowest BCUT2D eigenvalue weighted by Gasteiger charge is -2.18. The molecule has 0 atom stereocenters. The number of rotatable bonds is 4. The average molecular weight is 192 g/mol. The second-order valence-corrected chi connectivity index (χ2v) is 3.49. The van der Waals surface area contributed by atoms with Crippen molar-refractivity contribution < 1.29 is 5.11 Å². The summed E-state index contributed by atoms with van der Waals surface area (Å²) in [7, 11) is 1.96. The number of hydrogen-bond acceptors (Lipinski definition) is 3. The molecule has 0 aliphatic heterocycles. The zero-order chi connectivity index (χ0) is 10.6. The number of nitrogens with zero attached hydrogens (tertiary/aromatic N) is 2. The molecule has 1 N–H and O–H groups in total. The molecule has 0 amide bonds. The Bertz CT molecular complexity index is 323. The summed E-state index contributed by atoms with van der Waals surface area (Å²) in [6.07, 6.45) is 1.70. The first kappa shape index (κ1) is 10.7. The number of anilines is 1. The quantitative estimate of drug-likeness (QED) is 0.736. The third-order valence-corrected chi connectivity index (χ3v) is 1.89. The Morgan fingerprint density at radius 1 is 1.64 bits per heavy atom. The molecule has 0 saturated carbocycles. The maximum atomic E-state index is 8.96. The Kier molecular flexibility index (Phi) is 3.65. The van der Waals surface area contributed by atoms with Crippen molar-refractivity contribution in [2.75, 3.05) is 18.5 Å². The van der Waals surface area contributed by atoms with E-state index in [-0.39, 0.29) is 6.61 Å². The van der Waals surface area contributed by atoms with Crippen LogP contribution in [0.1, 0.15) is 12.5 Å². The van der Waals surface area contributed by atoms with Crippen molar-refractivity contribution in [1.82, 2.24) is 4.98 Å². The van der Waals surface area contributed by atoms with Gasteiger partial charge in [0.25, 0.3) is 0 Å². The highest BCUT2D eigenvalue weighted by atomic mass is 16.3. The van der Waals surface area contributed by atoms with Crippen LogP contribution >= 0.6 is 0 Å². The molecule has 76 valence electrons. The van der Waals surface area contributed by atoms with Gasteiger partial charge in [-0.15, -0.1) is 0 Å². The van der Waals surface area contributed by atoms with Gasteiger partial charge in [0, 0.05) is 19.8 Å². The van der Waals surface area contributed by atoms with E-state index in [1.807, 2.05) is 24.9 Å². The van der Waals surface area contributed by atoms with E-state index in [2.05, 4.69) is 11.6 Å². The van der Waals surface area contributed by atoms with Gasteiger partial charge in [0.2, 0.25) is 0 Å². The second kappa shape index (κ2) is 4.77. The molecule has 0 fully saturated rings. The van der Waals surface area contributed by atoms with Gasteiger partial charge in [0.05, 0.1) is 6.61 Å². The Morgan fingerprint density at radius 3 is 2.93 bits per heavy atom. The van der Waals surface area contributed by atoms with Gasteiger partial charge in [-0.3, -0.25) is 0 Å². The number of likely N-dealkylation sites (N-methyl/N-ethyl adjacent to an activating group) is 1. The van der Waals surface area contributed by atoms with Crippen LogP contribution in [0, 0.1) is 0 Å². The van der Waals surface area contributed by atoms with Crippen LogP contribution in [-0.2, 0) is 6.61 Å². The predicted octanol–water partition coefficient (Wildman–Crippen LogP) is 1.59. The Hall–Kier alpha value is -1.35. The summed E-state index contributed by atoms with van der Waals surface area (Å²) in [5, 5.41) is 8.96. The zero-order valence-corrected chi connectivity index (χ0v) is 8.70. The fraction of sp³-hybridized carbons (Fsp3) is 0.364. The summed E-state index contributed by atoms with van der Waals surface area (Å²) in [5.74, 6) is 0.861. The Balaban J connectivity index is 2.78. The number of aliphatic hydroxyl groups is 1. The molecule has 1 heterocycles. The summed E-state index contributed by atoms with van der Waals surface area (Å²) < 4.78 is 0. The average Bonchev–Trinajstić information content (AvgIpc) is 2.17. The summed E-state index contributed by atoms with van der Waals surface area (Å²) in [6.45, 7) is 6.65. The van der Waals surface area contributed by atoms with Crippen LogP contribution in [0.5, 0.6) is 0 Å². The van der Waals surface area contributed by atoms with Crippen LogP contribution in [-0.4, -0.2) is 23.7 Å². The van der Waals surface area contributed by atoms with Crippen LogP contribution in [0.4, 0.5) is 5.82 Å². The molecule has 0 aliphatic rings. The van der Waals surface area contributed by atoms with E-state index in [4.69, 9.17) is 5.11 Å². The zero-order valence-electron chi connectivity index (χ0n) is 8.70. The lowest BCUT2D eigenvalue weighted by atomic mass is 10.2. The summed E-state index contributed by atoms with van der Waals surface area (Å²) >= 11 is 0. The van der Waals surface area contributed by atoms with Crippen LogP contribution < -0.4 is 4.90 Å². The highest BCUT2D eigenvalue weighted by Crippen LogP contribution is 2.11. The SMILES string of the molecule is C=C(C)CN(C)c1cc(CO)ccn1. The number of hydrogen-bond donors (Lipinski definition) is 1. The van der Waals surface area contributed by atoms with Crippen LogP contribution in [0.15, 0.2) is 30.5 Å². The van der Waals surface area contributed by atoms with Crippen molar-refractivity contribution in [3.05, 3.63) is 36.0 Å². The maximum Gasteiger partial charge on any atom is 0.128 e. The second-order valence-electron chi connectivity index (χ2n) is 3.49. The highest BCUT2D eigenvalue weighted by molar-refractivity contribution is 5.41. The van der Waals surface area contributed by atoms with Gasteiger partial charge in [-0.2, -0.15) is 0 Å². The third-order valence-electron chi connectivity index (χ3n) is 1.89. The minimum absolute atomic E-state index is 0.0520. The molecule has 0 saturated heterocycles. The molecule has 1 aromatic rings. The summed E-state index contributed by atoms with van der Waals surface area (Å²) in [5.41, 5.74) is 1.97. The van der Waals surface area contributed by atoms with Gasteiger partial charge in [0.1, 0.15) is 5.82 Å². The lowest BCUT2D eigenvalue weighted by Crippen LogP contribution is -2.20. The normalized spacial score (nSPS) is 9.93. The molecule has 3 heteroatoms. The van der Waals surface area contributed by atoms with Crippen LogP contribution in [0.25, 0.3) is 0 Å². The fourth-order valence-electron chi connectivity index (χ4n) is 1.25. The Morgan fingerprint density at radius 2 is 2.36 bits per heavy atom. The van der Waals surface area contributed by atoms with Crippen molar-refractivity contribution in [1.29, 1.82) is 0 Å². The van der Waals surface area contributed by atoms with Gasteiger partial charge < -0.3 is 10.0 Å². The first-order valence-electron chi connectivity index (χ1n) is 4.55. The Labute approximate surface area is 84.7 Å². The number of aromatic nitrogens is 1. The molecular weight excluding hydrogens is 176 g/mol. The van der Waals surface area contributed by atoms with Crippen molar-refractivity contribution in [3.63, 3.8) is 0 Å².